The van der Waals surface area contributed by atoms with Crippen molar-refractivity contribution in [2.24, 2.45) is 0 Å². The van der Waals surface area contributed by atoms with E-state index < -0.39 is 0 Å². The van der Waals surface area contributed by atoms with E-state index in [2.05, 4.69) is 130 Å². The lowest BCUT2D eigenvalue weighted by Crippen LogP contribution is -1.98. The first kappa shape index (κ1) is 25.0. The Morgan fingerprint density at radius 2 is 1.14 bits per heavy atom. The average Bonchev–Trinajstić information content (AvgIpc) is 3.65. The summed E-state index contributed by atoms with van der Waals surface area (Å²) in [6, 6.07) is 49.1. The first-order chi connectivity index (χ1) is 21.7. The fourth-order valence-corrected chi connectivity index (χ4v) is 6.80. The minimum absolute atomic E-state index is 0.666. The Labute approximate surface area is 258 Å². The molecule has 0 amide bonds. The van der Waals surface area contributed by atoms with Crippen LogP contribution in [0.3, 0.4) is 0 Å². The van der Waals surface area contributed by atoms with E-state index in [0.29, 0.717) is 5.02 Å². The number of pyridine rings is 1. The molecule has 44 heavy (non-hydrogen) atoms. The number of para-hydroxylation sites is 3. The van der Waals surface area contributed by atoms with Crippen LogP contribution >= 0.6 is 11.6 Å². The Morgan fingerprint density at radius 3 is 1.86 bits per heavy atom. The lowest BCUT2D eigenvalue weighted by molar-refractivity contribution is 1.18. The highest BCUT2D eigenvalue weighted by Gasteiger charge is 2.16. The van der Waals surface area contributed by atoms with Crippen molar-refractivity contribution < 1.29 is 0 Å². The predicted octanol–water partition coefficient (Wildman–Crippen LogP) is 10.8. The van der Waals surface area contributed by atoms with Crippen LogP contribution in [0.4, 0.5) is 11.5 Å². The van der Waals surface area contributed by atoms with Gasteiger partial charge in [0.2, 0.25) is 0 Å². The van der Waals surface area contributed by atoms with Crippen molar-refractivity contribution in [3.8, 4) is 16.8 Å². The van der Waals surface area contributed by atoms with E-state index in [0.717, 1.165) is 44.7 Å². The summed E-state index contributed by atoms with van der Waals surface area (Å²) in [5.41, 5.74) is 8.73. The quantitative estimate of drug-likeness (QED) is 0.209. The number of hydrogen-bond donors (Lipinski definition) is 1. The third-order valence-corrected chi connectivity index (χ3v) is 8.96. The van der Waals surface area contributed by atoms with Gasteiger partial charge in [-0.1, -0.05) is 103 Å². The number of hydrogen-bond acceptors (Lipinski definition) is 2. The van der Waals surface area contributed by atoms with Crippen LogP contribution in [0.2, 0.25) is 5.02 Å². The number of fused-ring (bicyclic) bond motifs is 9. The number of rotatable bonds is 4. The van der Waals surface area contributed by atoms with Gasteiger partial charge in [-0.05, 0) is 65.0 Å². The molecule has 3 aromatic heterocycles. The number of anilines is 2. The normalized spacial score (nSPS) is 11.8. The molecule has 0 fully saturated rings. The summed E-state index contributed by atoms with van der Waals surface area (Å²) < 4.78 is 4.54. The number of nitrogens with one attached hydrogen (secondary N) is 1. The summed E-state index contributed by atoms with van der Waals surface area (Å²) in [4.78, 5) is 4.84. The van der Waals surface area contributed by atoms with Crippen LogP contribution in [0.15, 0.2) is 146 Å². The lowest BCUT2D eigenvalue weighted by Gasteiger charge is -2.14. The van der Waals surface area contributed by atoms with Gasteiger partial charge in [0.1, 0.15) is 11.5 Å². The van der Waals surface area contributed by atoms with E-state index in [1.807, 2.05) is 30.5 Å². The first-order valence-electron chi connectivity index (χ1n) is 14.7. The van der Waals surface area contributed by atoms with E-state index >= 15 is 0 Å². The van der Waals surface area contributed by atoms with E-state index in [1.54, 1.807) is 0 Å². The van der Waals surface area contributed by atoms with Crippen molar-refractivity contribution in [2.45, 2.75) is 0 Å². The molecule has 208 valence electrons. The summed E-state index contributed by atoms with van der Waals surface area (Å²) in [5, 5.41) is 10.1. The van der Waals surface area contributed by atoms with Gasteiger partial charge in [-0.15, -0.1) is 0 Å². The number of nitrogens with zero attached hydrogens (tertiary/aromatic N) is 3. The Bertz CT molecular complexity index is 2490. The van der Waals surface area contributed by atoms with Crippen LogP contribution in [-0.4, -0.2) is 14.0 Å². The number of benzene rings is 6. The fraction of sp³-hybridized carbons (Fsp3) is 0. The summed E-state index contributed by atoms with van der Waals surface area (Å²) in [7, 11) is 0. The van der Waals surface area contributed by atoms with Gasteiger partial charge in [-0.2, -0.15) is 0 Å². The number of imidazole rings is 1. The molecule has 0 radical (unpaired) electrons. The SMILES string of the molecule is Clc1ccccc1Nc1cnc2c3ccccc3c3cc(-c4ccc(-n5c6ccccc6c6ccccc65)cc4)ccc3n12. The van der Waals surface area contributed by atoms with Gasteiger partial charge in [0.05, 0.1) is 33.5 Å². The van der Waals surface area contributed by atoms with Crippen molar-refractivity contribution in [2.75, 3.05) is 5.32 Å². The minimum Gasteiger partial charge on any atom is -0.339 e. The van der Waals surface area contributed by atoms with Crippen LogP contribution in [0.25, 0.3) is 65.9 Å². The predicted molar refractivity (Wildman–Crippen MR) is 185 cm³/mol. The van der Waals surface area contributed by atoms with Gasteiger partial charge in [-0.3, -0.25) is 4.40 Å². The van der Waals surface area contributed by atoms with Gasteiger partial charge in [0, 0.05) is 27.2 Å². The zero-order chi connectivity index (χ0) is 29.2. The third kappa shape index (κ3) is 3.75. The van der Waals surface area contributed by atoms with Crippen molar-refractivity contribution >= 4 is 72.2 Å². The summed E-state index contributed by atoms with van der Waals surface area (Å²) >= 11 is 6.50. The van der Waals surface area contributed by atoms with Crippen LogP contribution < -0.4 is 5.32 Å². The zero-order valence-electron chi connectivity index (χ0n) is 23.6. The Balaban J connectivity index is 1.19. The molecular weight excluding hydrogens is 560 g/mol. The standard InChI is InChI=1S/C39H25ClN4/c40-33-13-5-6-14-34(33)42-38-24-41-39-31-12-2-1-9-28(31)32-23-26(19-22-37(32)44(38)39)25-17-20-27(21-18-25)43-35-15-7-3-10-29(35)30-11-4-8-16-36(30)43/h1-24,42H. The molecule has 0 aliphatic rings. The van der Waals surface area contributed by atoms with Crippen molar-refractivity contribution in [1.82, 2.24) is 14.0 Å². The molecule has 0 spiro atoms. The second-order valence-corrected chi connectivity index (χ2v) is 11.5. The van der Waals surface area contributed by atoms with Gasteiger partial charge in [0.25, 0.3) is 0 Å². The van der Waals surface area contributed by atoms with E-state index in [4.69, 9.17) is 16.6 Å². The Kier molecular flexibility index (Phi) is 5.52. The van der Waals surface area contributed by atoms with Crippen molar-refractivity contribution in [1.29, 1.82) is 0 Å². The maximum atomic E-state index is 6.50. The molecule has 1 N–H and O–H groups in total. The molecule has 0 saturated carbocycles. The Hall–Kier alpha value is -5.58. The molecule has 4 nitrogen and oxygen atoms in total. The zero-order valence-corrected chi connectivity index (χ0v) is 24.3. The molecule has 3 heterocycles. The van der Waals surface area contributed by atoms with Gasteiger partial charge >= 0.3 is 0 Å². The molecule has 0 aliphatic heterocycles. The largest absolute Gasteiger partial charge is 0.339 e. The highest BCUT2D eigenvalue weighted by Crippen LogP contribution is 2.37. The van der Waals surface area contributed by atoms with Crippen LogP contribution in [-0.2, 0) is 0 Å². The van der Waals surface area contributed by atoms with Gasteiger partial charge < -0.3 is 9.88 Å². The second kappa shape index (κ2) is 9.73. The smallest absolute Gasteiger partial charge is 0.146 e. The molecule has 0 unspecified atom stereocenters. The van der Waals surface area contributed by atoms with E-state index in [9.17, 15) is 0 Å². The minimum atomic E-state index is 0.666. The average molecular weight is 585 g/mol. The molecule has 5 heteroatoms. The molecule has 0 bridgehead atoms. The van der Waals surface area contributed by atoms with Crippen LogP contribution in [0, 0.1) is 0 Å². The van der Waals surface area contributed by atoms with E-state index in [1.165, 1.54) is 32.8 Å². The Morgan fingerprint density at radius 1 is 0.523 bits per heavy atom. The molecule has 9 aromatic rings. The summed E-state index contributed by atoms with van der Waals surface area (Å²) in [6.45, 7) is 0. The molecule has 9 rings (SSSR count). The topological polar surface area (TPSA) is 34.3 Å². The van der Waals surface area contributed by atoms with Gasteiger partial charge in [0.15, 0.2) is 0 Å². The van der Waals surface area contributed by atoms with Gasteiger partial charge in [-0.25, -0.2) is 4.98 Å². The molecular formula is C39H25ClN4. The van der Waals surface area contributed by atoms with Crippen LogP contribution in [0.5, 0.6) is 0 Å². The van der Waals surface area contributed by atoms with E-state index in [-0.39, 0.29) is 0 Å². The molecule has 0 saturated heterocycles. The molecule has 0 atom stereocenters. The molecule has 0 aliphatic carbocycles. The number of halogens is 1. The third-order valence-electron chi connectivity index (χ3n) is 8.63. The second-order valence-electron chi connectivity index (χ2n) is 11.1. The maximum absolute atomic E-state index is 6.50. The highest BCUT2D eigenvalue weighted by molar-refractivity contribution is 6.33. The lowest BCUT2D eigenvalue weighted by atomic mass is 9.99. The monoisotopic (exact) mass is 584 g/mol. The maximum Gasteiger partial charge on any atom is 0.146 e. The fourth-order valence-electron chi connectivity index (χ4n) is 6.62. The highest BCUT2D eigenvalue weighted by atomic mass is 35.5. The van der Waals surface area contributed by atoms with Crippen molar-refractivity contribution in [3.63, 3.8) is 0 Å². The van der Waals surface area contributed by atoms with Crippen LogP contribution in [0.1, 0.15) is 0 Å². The number of aromatic nitrogens is 3. The summed E-state index contributed by atoms with van der Waals surface area (Å²) in [5.74, 6) is 0.868. The molecule has 6 aromatic carbocycles. The first-order valence-corrected chi connectivity index (χ1v) is 15.0. The summed E-state index contributed by atoms with van der Waals surface area (Å²) in [6.07, 6.45) is 1.88. The van der Waals surface area contributed by atoms with Crippen molar-refractivity contribution in [3.05, 3.63) is 151 Å².